The Hall–Kier alpha value is -2.04. The molecule has 2 aromatic carbocycles. The lowest BCUT2D eigenvalue weighted by molar-refractivity contribution is 0.414. The third-order valence-corrected chi connectivity index (χ3v) is 3.65. The first-order valence-electron chi connectivity index (χ1n) is 6.93. The Bertz CT molecular complexity index is 505. The third kappa shape index (κ3) is 3.54. The van der Waals surface area contributed by atoms with E-state index in [9.17, 15) is 0 Å². The van der Waals surface area contributed by atoms with E-state index >= 15 is 0 Å². The van der Waals surface area contributed by atoms with E-state index < -0.39 is 0 Å². The fourth-order valence-electron chi connectivity index (χ4n) is 2.45. The van der Waals surface area contributed by atoms with Gasteiger partial charge in [-0.05, 0) is 35.4 Å². The van der Waals surface area contributed by atoms with Crippen molar-refractivity contribution >= 4 is 0 Å². The summed E-state index contributed by atoms with van der Waals surface area (Å²) in [4.78, 5) is 0. The Balaban J connectivity index is 2.36. The molecular formula is C17H22N2O2. The number of benzene rings is 2. The van der Waals surface area contributed by atoms with Crippen molar-refractivity contribution < 1.29 is 9.47 Å². The van der Waals surface area contributed by atoms with E-state index in [-0.39, 0.29) is 12.0 Å². The average Bonchev–Trinajstić information content (AvgIpc) is 2.56. The lowest BCUT2D eigenvalue weighted by Gasteiger charge is -2.24. The summed E-state index contributed by atoms with van der Waals surface area (Å²) in [5.41, 5.74) is 14.3. The van der Waals surface area contributed by atoms with Crippen LogP contribution in [-0.2, 0) is 0 Å². The molecule has 2 aromatic rings. The smallest absolute Gasteiger partial charge is 0.118 e. The second-order valence-corrected chi connectivity index (χ2v) is 4.92. The van der Waals surface area contributed by atoms with E-state index in [1.54, 1.807) is 14.2 Å². The van der Waals surface area contributed by atoms with E-state index in [4.69, 9.17) is 20.9 Å². The van der Waals surface area contributed by atoms with Gasteiger partial charge in [-0.15, -0.1) is 0 Å². The molecule has 0 aliphatic carbocycles. The van der Waals surface area contributed by atoms with Gasteiger partial charge in [0, 0.05) is 18.5 Å². The largest absolute Gasteiger partial charge is 0.497 e. The van der Waals surface area contributed by atoms with Crippen molar-refractivity contribution in [2.45, 2.75) is 12.0 Å². The monoisotopic (exact) mass is 286 g/mol. The van der Waals surface area contributed by atoms with Gasteiger partial charge in [-0.25, -0.2) is 0 Å². The fraction of sp³-hybridized carbons (Fsp3) is 0.294. The van der Waals surface area contributed by atoms with E-state index in [2.05, 4.69) is 0 Å². The quantitative estimate of drug-likeness (QED) is 0.853. The van der Waals surface area contributed by atoms with Crippen LogP contribution in [0.5, 0.6) is 11.5 Å². The first kappa shape index (κ1) is 15.4. The minimum Gasteiger partial charge on any atom is -0.497 e. The van der Waals surface area contributed by atoms with Crippen LogP contribution in [0.2, 0.25) is 0 Å². The molecule has 1 unspecified atom stereocenters. The Morgan fingerprint density at radius 1 is 0.810 bits per heavy atom. The molecule has 0 aliphatic rings. The van der Waals surface area contributed by atoms with Crippen LogP contribution < -0.4 is 20.9 Å². The second kappa shape index (κ2) is 7.11. The van der Waals surface area contributed by atoms with Gasteiger partial charge < -0.3 is 20.9 Å². The summed E-state index contributed by atoms with van der Waals surface area (Å²) >= 11 is 0. The molecule has 0 spiro atoms. The van der Waals surface area contributed by atoms with Crippen LogP contribution >= 0.6 is 0 Å². The maximum Gasteiger partial charge on any atom is 0.118 e. The summed E-state index contributed by atoms with van der Waals surface area (Å²) in [5, 5.41) is 0. The SMILES string of the molecule is COc1ccc(C(c2ccc(OC)cc2)C(N)CN)cc1. The maximum absolute atomic E-state index is 6.23. The second-order valence-electron chi connectivity index (χ2n) is 4.92. The molecule has 4 heteroatoms. The van der Waals surface area contributed by atoms with E-state index in [0.717, 1.165) is 22.6 Å². The number of rotatable bonds is 6. The molecule has 0 saturated carbocycles. The van der Waals surface area contributed by atoms with Gasteiger partial charge in [0.25, 0.3) is 0 Å². The Morgan fingerprint density at radius 2 is 1.19 bits per heavy atom. The molecule has 21 heavy (non-hydrogen) atoms. The summed E-state index contributed by atoms with van der Waals surface area (Å²) in [7, 11) is 3.31. The molecule has 4 nitrogen and oxygen atoms in total. The van der Waals surface area contributed by atoms with Gasteiger partial charge in [-0.3, -0.25) is 0 Å². The highest BCUT2D eigenvalue weighted by molar-refractivity contribution is 5.39. The van der Waals surface area contributed by atoms with Crippen LogP contribution in [0.1, 0.15) is 17.0 Å². The first-order valence-corrected chi connectivity index (χ1v) is 6.93. The predicted molar refractivity (Wildman–Crippen MR) is 84.9 cm³/mol. The van der Waals surface area contributed by atoms with Gasteiger partial charge in [0.15, 0.2) is 0 Å². The van der Waals surface area contributed by atoms with E-state index in [0.29, 0.717) is 6.54 Å². The molecule has 0 radical (unpaired) electrons. The van der Waals surface area contributed by atoms with Crippen LogP contribution in [-0.4, -0.2) is 26.8 Å². The molecule has 0 aromatic heterocycles. The highest BCUT2D eigenvalue weighted by Crippen LogP contribution is 2.29. The van der Waals surface area contributed by atoms with Crippen molar-refractivity contribution in [3.8, 4) is 11.5 Å². The lowest BCUT2D eigenvalue weighted by atomic mass is 9.85. The van der Waals surface area contributed by atoms with Gasteiger partial charge in [0.05, 0.1) is 14.2 Å². The zero-order chi connectivity index (χ0) is 15.2. The van der Waals surface area contributed by atoms with E-state index in [1.165, 1.54) is 0 Å². The molecule has 4 N–H and O–H groups in total. The topological polar surface area (TPSA) is 70.5 Å². The molecule has 0 amide bonds. The van der Waals surface area contributed by atoms with Crippen molar-refractivity contribution in [1.82, 2.24) is 0 Å². The molecule has 0 saturated heterocycles. The minimum atomic E-state index is -0.146. The lowest BCUT2D eigenvalue weighted by Crippen LogP contribution is -2.36. The molecule has 0 aliphatic heterocycles. The third-order valence-electron chi connectivity index (χ3n) is 3.65. The number of hydrogen-bond acceptors (Lipinski definition) is 4. The molecule has 112 valence electrons. The van der Waals surface area contributed by atoms with Crippen LogP contribution in [0.25, 0.3) is 0 Å². The van der Waals surface area contributed by atoms with Crippen LogP contribution in [0.15, 0.2) is 48.5 Å². The molecule has 0 bridgehead atoms. The Morgan fingerprint density at radius 3 is 1.48 bits per heavy atom. The van der Waals surface area contributed by atoms with Crippen molar-refractivity contribution in [2.75, 3.05) is 20.8 Å². The highest BCUT2D eigenvalue weighted by Gasteiger charge is 2.21. The first-order chi connectivity index (χ1) is 10.2. The molecular weight excluding hydrogens is 264 g/mol. The number of methoxy groups -OCH3 is 2. The zero-order valence-corrected chi connectivity index (χ0v) is 12.5. The summed E-state index contributed by atoms with van der Waals surface area (Å²) in [6, 6.07) is 15.7. The van der Waals surface area contributed by atoms with Gasteiger partial charge in [-0.1, -0.05) is 24.3 Å². The number of hydrogen-bond donors (Lipinski definition) is 2. The Labute approximate surface area is 125 Å². The number of nitrogens with two attached hydrogens (primary N) is 2. The standard InChI is InChI=1S/C17H22N2O2/c1-20-14-7-3-12(4-8-14)17(16(19)11-18)13-5-9-15(21-2)10-6-13/h3-10,16-17H,11,18-19H2,1-2H3. The highest BCUT2D eigenvalue weighted by atomic mass is 16.5. The van der Waals surface area contributed by atoms with Crippen molar-refractivity contribution in [1.29, 1.82) is 0 Å². The molecule has 1 atom stereocenters. The Kier molecular flexibility index (Phi) is 5.20. The fourth-order valence-corrected chi connectivity index (χ4v) is 2.45. The van der Waals surface area contributed by atoms with Crippen molar-refractivity contribution in [2.24, 2.45) is 11.5 Å². The summed E-state index contributed by atoms with van der Waals surface area (Å²) in [6.07, 6.45) is 0. The van der Waals surface area contributed by atoms with Gasteiger partial charge in [0.1, 0.15) is 11.5 Å². The van der Waals surface area contributed by atoms with Crippen LogP contribution in [0.4, 0.5) is 0 Å². The summed E-state index contributed by atoms with van der Waals surface area (Å²) in [5.74, 6) is 1.70. The van der Waals surface area contributed by atoms with Crippen LogP contribution in [0.3, 0.4) is 0 Å². The van der Waals surface area contributed by atoms with Gasteiger partial charge in [-0.2, -0.15) is 0 Å². The minimum absolute atomic E-state index is 0.0480. The normalized spacial score (nSPS) is 12.2. The molecule has 2 rings (SSSR count). The maximum atomic E-state index is 6.23. The molecule has 0 fully saturated rings. The predicted octanol–water partition coefficient (Wildman–Crippen LogP) is 2.12. The van der Waals surface area contributed by atoms with E-state index in [1.807, 2.05) is 48.5 Å². The number of ether oxygens (including phenoxy) is 2. The zero-order valence-electron chi connectivity index (χ0n) is 12.5. The van der Waals surface area contributed by atoms with Gasteiger partial charge >= 0.3 is 0 Å². The van der Waals surface area contributed by atoms with Crippen molar-refractivity contribution in [3.05, 3.63) is 59.7 Å². The van der Waals surface area contributed by atoms with Crippen molar-refractivity contribution in [3.63, 3.8) is 0 Å². The van der Waals surface area contributed by atoms with Crippen LogP contribution in [0, 0.1) is 0 Å². The van der Waals surface area contributed by atoms with Gasteiger partial charge in [0.2, 0.25) is 0 Å². The molecule has 0 heterocycles. The summed E-state index contributed by atoms with van der Waals surface area (Å²) in [6.45, 7) is 0.419. The summed E-state index contributed by atoms with van der Waals surface area (Å²) < 4.78 is 10.4. The average molecular weight is 286 g/mol.